The highest BCUT2D eigenvalue weighted by molar-refractivity contribution is 5.91. The zero-order valence-electron chi connectivity index (χ0n) is 17.0. The van der Waals surface area contributed by atoms with E-state index in [-0.39, 0.29) is 18.5 Å². The highest BCUT2D eigenvalue weighted by Crippen LogP contribution is 2.29. The van der Waals surface area contributed by atoms with E-state index in [1.807, 2.05) is 32.9 Å². The molecule has 0 radical (unpaired) electrons. The molecule has 0 atom stereocenters. The van der Waals surface area contributed by atoms with Gasteiger partial charge < -0.3 is 5.32 Å². The first-order valence-electron chi connectivity index (χ1n) is 9.17. The van der Waals surface area contributed by atoms with Gasteiger partial charge in [0.05, 0.1) is 13.1 Å². The number of aromatic nitrogens is 3. The molecule has 2 rings (SSSR count). The highest BCUT2D eigenvalue weighted by Gasteiger charge is 2.20. The standard InChI is InChI=1S/C21H26N4O4/c1-6-12-23-18(27)24(13-7-2)20(29)25(19(23)28)14-17(26)22-16-11-9-8-10-15(16)21(3,4)5/h6-11H,1-2,12-14H2,3-5H3,(H,22,26). The Balaban J connectivity index is 2.47. The van der Waals surface area contributed by atoms with Gasteiger partial charge >= 0.3 is 17.1 Å². The summed E-state index contributed by atoms with van der Waals surface area (Å²) < 4.78 is 2.45. The number of benzene rings is 1. The van der Waals surface area contributed by atoms with Crippen LogP contribution in [0.3, 0.4) is 0 Å². The van der Waals surface area contributed by atoms with Crippen molar-refractivity contribution in [1.29, 1.82) is 0 Å². The van der Waals surface area contributed by atoms with Crippen LogP contribution in [0.5, 0.6) is 0 Å². The van der Waals surface area contributed by atoms with Gasteiger partial charge in [-0.25, -0.2) is 28.1 Å². The molecule has 0 aliphatic carbocycles. The van der Waals surface area contributed by atoms with Gasteiger partial charge in [-0.1, -0.05) is 51.1 Å². The fourth-order valence-corrected chi connectivity index (χ4v) is 2.97. The molecule has 8 heteroatoms. The molecule has 154 valence electrons. The van der Waals surface area contributed by atoms with E-state index in [1.165, 1.54) is 12.2 Å². The number of carbonyl (C=O) groups excluding carboxylic acids is 1. The number of hydrogen-bond donors (Lipinski definition) is 1. The first-order chi connectivity index (χ1) is 13.6. The second-order valence-electron chi connectivity index (χ2n) is 7.58. The quantitative estimate of drug-likeness (QED) is 0.715. The third-order valence-electron chi connectivity index (χ3n) is 4.32. The minimum atomic E-state index is -0.862. The van der Waals surface area contributed by atoms with E-state index in [9.17, 15) is 19.2 Å². The van der Waals surface area contributed by atoms with E-state index in [0.717, 1.165) is 19.3 Å². The largest absolute Gasteiger partial charge is 0.337 e. The van der Waals surface area contributed by atoms with E-state index in [0.29, 0.717) is 5.69 Å². The first kappa shape index (κ1) is 21.9. The molecule has 0 saturated carbocycles. The molecule has 0 aliphatic rings. The Morgan fingerprint density at radius 2 is 1.41 bits per heavy atom. The van der Waals surface area contributed by atoms with Crippen LogP contribution in [0.4, 0.5) is 5.69 Å². The molecule has 1 N–H and O–H groups in total. The highest BCUT2D eigenvalue weighted by atomic mass is 16.2. The van der Waals surface area contributed by atoms with E-state index < -0.39 is 29.5 Å². The lowest BCUT2D eigenvalue weighted by molar-refractivity contribution is -0.116. The number of anilines is 1. The summed E-state index contributed by atoms with van der Waals surface area (Å²) in [5, 5.41) is 2.76. The molecule has 1 aromatic heterocycles. The van der Waals surface area contributed by atoms with Crippen molar-refractivity contribution >= 4 is 11.6 Å². The van der Waals surface area contributed by atoms with Crippen molar-refractivity contribution in [2.45, 2.75) is 45.8 Å². The lowest BCUT2D eigenvalue weighted by Gasteiger charge is -2.23. The molecule has 0 fully saturated rings. The maximum atomic E-state index is 12.6. The van der Waals surface area contributed by atoms with Gasteiger partial charge in [0.15, 0.2) is 0 Å². The fraction of sp³-hybridized carbons (Fsp3) is 0.333. The van der Waals surface area contributed by atoms with Crippen LogP contribution in [0.15, 0.2) is 64.0 Å². The summed E-state index contributed by atoms with van der Waals surface area (Å²) in [6, 6.07) is 7.33. The number of para-hydroxylation sites is 1. The molecule has 0 unspecified atom stereocenters. The van der Waals surface area contributed by atoms with Crippen LogP contribution in [0, 0.1) is 0 Å². The predicted molar refractivity (Wildman–Crippen MR) is 113 cm³/mol. The molecule has 2 aromatic rings. The van der Waals surface area contributed by atoms with Gasteiger partial charge in [-0.3, -0.25) is 4.79 Å². The van der Waals surface area contributed by atoms with E-state index in [1.54, 1.807) is 12.1 Å². The topological polar surface area (TPSA) is 95.1 Å². The SMILES string of the molecule is C=CCn1c(=O)n(CC=C)c(=O)n(CC(=O)Nc2ccccc2C(C)(C)C)c1=O. The monoisotopic (exact) mass is 398 g/mol. The maximum absolute atomic E-state index is 12.6. The smallest absolute Gasteiger partial charge is 0.324 e. The summed E-state index contributed by atoms with van der Waals surface area (Å²) in [6.45, 7) is 12.4. The van der Waals surface area contributed by atoms with Crippen molar-refractivity contribution in [1.82, 2.24) is 13.7 Å². The Morgan fingerprint density at radius 1 is 0.931 bits per heavy atom. The Hall–Kier alpha value is -3.42. The van der Waals surface area contributed by atoms with Crippen molar-refractivity contribution in [3.05, 3.63) is 86.6 Å². The number of hydrogen-bond acceptors (Lipinski definition) is 4. The van der Waals surface area contributed by atoms with Crippen LogP contribution >= 0.6 is 0 Å². The van der Waals surface area contributed by atoms with Crippen LogP contribution in [0.2, 0.25) is 0 Å². The lowest BCUT2D eigenvalue weighted by Crippen LogP contribution is -2.55. The average Bonchev–Trinajstić information content (AvgIpc) is 2.65. The molecule has 0 saturated heterocycles. The van der Waals surface area contributed by atoms with Crippen molar-refractivity contribution in [3.8, 4) is 0 Å². The summed E-state index contributed by atoms with van der Waals surface area (Å²) in [6.07, 6.45) is 2.74. The van der Waals surface area contributed by atoms with Crippen molar-refractivity contribution < 1.29 is 4.79 Å². The van der Waals surface area contributed by atoms with Crippen LogP contribution in [0.25, 0.3) is 0 Å². The Morgan fingerprint density at radius 3 is 1.90 bits per heavy atom. The van der Waals surface area contributed by atoms with Crippen molar-refractivity contribution in [3.63, 3.8) is 0 Å². The fourth-order valence-electron chi connectivity index (χ4n) is 2.97. The molecular formula is C21H26N4O4. The second-order valence-corrected chi connectivity index (χ2v) is 7.58. The van der Waals surface area contributed by atoms with Crippen LogP contribution in [0.1, 0.15) is 26.3 Å². The Bertz CT molecular complexity index is 1060. The normalized spacial score (nSPS) is 11.1. The third kappa shape index (κ3) is 4.71. The maximum Gasteiger partial charge on any atom is 0.337 e. The molecule has 8 nitrogen and oxygen atoms in total. The van der Waals surface area contributed by atoms with E-state index in [2.05, 4.69) is 18.5 Å². The number of nitrogens with zero attached hydrogens (tertiary/aromatic N) is 3. The molecule has 29 heavy (non-hydrogen) atoms. The number of allylic oxidation sites excluding steroid dienone is 2. The molecule has 1 amide bonds. The molecule has 0 bridgehead atoms. The molecule has 0 spiro atoms. The molecule has 0 aliphatic heterocycles. The third-order valence-corrected chi connectivity index (χ3v) is 4.32. The van der Waals surface area contributed by atoms with Crippen molar-refractivity contribution in [2.24, 2.45) is 0 Å². The van der Waals surface area contributed by atoms with Gasteiger partial charge in [-0.15, -0.1) is 13.2 Å². The van der Waals surface area contributed by atoms with Crippen LogP contribution in [-0.2, 0) is 29.8 Å². The molecule has 1 aromatic carbocycles. The summed E-state index contributed by atoms with van der Waals surface area (Å²) in [5.41, 5.74) is -1.19. The van der Waals surface area contributed by atoms with Gasteiger partial charge in [-0.05, 0) is 17.0 Å². The Kier molecular flexibility index (Phi) is 6.58. The number of rotatable bonds is 7. The van der Waals surface area contributed by atoms with Gasteiger partial charge in [0, 0.05) is 5.69 Å². The van der Waals surface area contributed by atoms with Gasteiger partial charge in [-0.2, -0.15) is 0 Å². The zero-order valence-corrected chi connectivity index (χ0v) is 17.0. The number of nitrogens with one attached hydrogen (secondary N) is 1. The minimum absolute atomic E-state index is 0.0798. The van der Waals surface area contributed by atoms with Crippen molar-refractivity contribution in [2.75, 3.05) is 5.32 Å². The first-order valence-corrected chi connectivity index (χ1v) is 9.17. The summed E-state index contributed by atoms with van der Waals surface area (Å²) in [7, 11) is 0. The number of carbonyl (C=O) groups is 1. The van der Waals surface area contributed by atoms with Crippen LogP contribution < -0.4 is 22.4 Å². The number of amides is 1. The van der Waals surface area contributed by atoms with Gasteiger partial charge in [0.2, 0.25) is 5.91 Å². The lowest BCUT2D eigenvalue weighted by atomic mass is 9.86. The second kappa shape index (κ2) is 8.72. The average molecular weight is 398 g/mol. The summed E-state index contributed by atoms with van der Waals surface area (Å²) >= 11 is 0. The van der Waals surface area contributed by atoms with Gasteiger partial charge in [0.1, 0.15) is 6.54 Å². The molecule has 1 heterocycles. The van der Waals surface area contributed by atoms with Gasteiger partial charge in [0.25, 0.3) is 0 Å². The summed E-state index contributed by atoms with van der Waals surface area (Å²) in [4.78, 5) is 50.3. The predicted octanol–water partition coefficient (Wildman–Crippen LogP) is 1.48. The van der Waals surface area contributed by atoms with Crippen LogP contribution in [-0.4, -0.2) is 19.6 Å². The van der Waals surface area contributed by atoms with E-state index >= 15 is 0 Å². The summed E-state index contributed by atoms with van der Waals surface area (Å²) in [5.74, 6) is -0.546. The molecular weight excluding hydrogens is 372 g/mol. The minimum Gasteiger partial charge on any atom is -0.324 e. The zero-order chi connectivity index (χ0) is 21.8. The van der Waals surface area contributed by atoms with E-state index in [4.69, 9.17) is 0 Å². The Labute approximate surface area is 168 Å².